The van der Waals surface area contributed by atoms with Gasteiger partial charge < -0.3 is 14.5 Å². The molecule has 0 radical (unpaired) electrons. The van der Waals surface area contributed by atoms with E-state index in [1.54, 1.807) is 24.3 Å². The van der Waals surface area contributed by atoms with Gasteiger partial charge in [-0.15, -0.1) is 0 Å². The maximum atomic E-state index is 11.6. The third-order valence-corrected chi connectivity index (χ3v) is 2.96. The zero-order chi connectivity index (χ0) is 16.8. The zero-order valence-electron chi connectivity index (χ0n) is 11.7. The van der Waals surface area contributed by atoms with Crippen molar-refractivity contribution in [3.8, 4) is 0 Å². The second kappa shape index (κ2) is 7.41. The predicted molar refractivity (Wildman–Crippen MR) is 78.9 cm³/mol. The zero-order valence-corrected chi connectivity index (χ0v) is 12.4. The number of rotatable bonds is 6. The third kappa shape index (κ3) is 4.82. The largest absolute Gasteiger partial charge is 0.450 e. The molecule has 0 aliphatic carbocycles. The van der Waals surface area contributed by atoms with Crippen LogP contribution < -0.4 is 5.32 Å². The number of carbonyl (C=O) groups is 2. The number of esters is 1. The maximum absolute atomic E-state index is 11.6. The topological polar surface area (TPSA) is 112 Å². The molecule has 23 heavy (non-hydrogen) atoms. The van der Waals surface area contributed by atoms with Crippen LogP contribution in [0.4, 0.5) is 5.88 Å². The van der Waals surface area contributed by atoms with E-state index >= 15 is 0 Å². The predicted octanol–water partition coefficient (Wildman–Crippen LogP) is 2.31. The number of furan rings is 1. The van der Waals surface area contributed by atoms with Crippen LogP contribution in [0.2, 0.25) is 5.02 Å². The highest BCUT2D eigenvalue weighted by atomic mass is 35.5. The van der Waals surface area contributed by atoms with Crippen molar-refractivity contribution in [1.29, 1.82) is 0 Å². The van der Waals surface area contributed by atoms with Crippen molar-refractivity contribution in [2.24, 2.45) is 0 Å². The SMILES string of the molecule is O=C(COC(=O)c1ccc([N+](=O)[O-])o1)NCc1ccc(Cl)cc1. The maximum Gasteiger partial charge on any atom is 0.433 e. The summed E-state index contributed by atoms with van der Waals surface area (Å²) < 4.78 is 9.36. The fourth-order valence-corrected chi connectivity index (χ4v) is 1.72. The van der Waals surface area contributed by atoms with Crippen molar-refractivity contribution in [2.45, 2.75) is 6.54 Å². The Bertz CT molecular complexity index is 725. The first-order valence-electron chi connectivity index (χ1n) is 6.38. The Labute approximate surface area is 135 Å². The third-order valence-electron chi connectivity index (χ3n) is 2.71. The van der Waals surface area contributed by atoms with Crippen molar-refractivity contribution in [3.05, 3.63) is 62.9 Å². The van der Waals surface area contributed by atoms with Gasteiger partial charge >= 0.3 is 11.9 Å². The first-order chi connectivity index (χ1) is 11.0. The van der Waals surface area contributed by atoms with Gasteiger partial charge in [-0.25, -0.2) is 4.79 Å². The second-order valence-electron chi connectivity index (χ2n) is 4.37. The number of carbonyl (C=O) groups excluding carboxylic acids is 2. The minimum atomic E-state index is -0.959. The van der Waals surface area contributed by atoms with Gasteiger partial charge in [0, 0.05) is 11.6 Å². The van der Waals surface area contributed by atoms with E-state index in [0.717, 1.165) is 17.7 Å². The molecule has 0 atom stereocenters. The number of hydrogen-bond acceptors (Lipinski definition) is 6. The summed E-state index contributed by atoms with van der Waals surface area (Å²) in [4.78, 5) is 32.8. The molecular weight excluding hydrogens is 328 g/mol. The first kappa shape index (κ1) is 16.5. The Balaban J connectivity index is 1.78. The van der Waals surface area contributed by atoms with E-state index < -0.39 is 29.3 Å². The summed E-state index contributed by atoms with van der Waals surface area (Å²) in [6.45, 7) is -0.277. The number of halogens is 1. The Kier molecular flexibility index (Phi) is 5.32. The van der Waals surface area contributed by atoms with E-state index in [0.29, 0.717) is 5.02 Å². The summed E-state index contributed by atoms with van der Waals surface area (Å²) in [5.74, 6) is -2.40. The van der Waals surface area contributed by atoms with Crippen LogP contribution in [-0.4, -0.2) is 23.4 Å². The second-order valence-corrected chi connectivity index (χ2v) is 4.81. The Morgan fingerprint density at radius 1 is 1.22 bits per heavy atom. The van der Waals surface area contributed by atoms with E-state index in [9.17, 15) is 19.7 Å². The fraction of sp³-hybridized carbons (Fsp3) is 0.143. The van der Waals surface area contributed by atoms with E-state index in [-0.39, 0.29) is 12.3 Å². The van der Waals surface area contributed by atoms with E-state index in [2.05, 4.69) is 9.73 Å². The summed E-state index contributed by atoms with van der Waals surface area (Å²) in [6, 6.07) is 9.00. The molecule has 2 rings (SSSR count). The van der Waals surface area contributed by atoms with Gasteiger partial charge in [0.1, 0.15) is 4.92 Å². The standard InChI is InChI=1S/C14H11ClN2O6/c15-10-3-1-9(2-4-10)7-16-12(18)8-22-14(19)11-5-6-13(23-11)17(20)21/h1-6H,7-8H2,(H,16,18). The first-order valence-corrected chi connectivity index (χ1v) is 6.76. The molecule has 0 aliphatic heterocycles. The lowest BCUT2D eigenvalue weighted by molar-refractivity contribution is -0.402. The quantitative estimate of drug-likeness (QED) is 0.491. The van der Waals surface area contributed by atoms with Gasteiger partial charge in [-0.3, -0.25) is 14.9 Å². The number of amides is 1. The number of hydrogen-bond donors (Lipinski definition) is 1. The molecule has 0 unspecified atom stereocenters. The number of benzene rings is 1. The molecule has 0 aliphatic rings. The lowest BCUT2D eigenvalue weighted by Gasteiger charge is -2.06. The molecule has 2 aromatic rings. The van der Waals surface area contributed by atoms with Crippen LogP contribution >= 0.6 is 11.6 Å². The van der Waals surface area contributed by atoms with Gasteiger partial charge in [0.15, 0.2) is 6.61 Å². The van der Waals surface area contributed by atoms with Crippen LogP contribution in [0.1, 0.15) is 16.1 Å². The number of ether oxygens (including phenoxy) is 1. The van der Waals surface area contributed by atoms with Gasteiger partial charge in [-0.1, -0.05) is 23.7 Å². The lowest BCUT2D eigenvalue weighted by Crippen LogP contribution is -2.28. The van der Waals surface area contributed by atoms with Crippen molar-refractivity contribution in [3.63, 3.8) is 0 Å². The minimum Gasteiger partial charge on any atom is -0.450 e. The molecule has 0 fully saturated rings. The lowest BCUT2D eigenvalue weighted by atomic mass is 10.2. The average molecular weight is 339 g/mol. The monoisotopic (exact) mass is 338 g/mol. The summed E-state index contributed by atoms with van der Waals surface area (Å²) in [7, 11) is 0. The summed E-state index contributed by atoms with van der Waals surface area (Å²) >= 11 is 5.74. The molecule has 0 saturated heterocycles. The van der Waals surface area contributed by atoms with E-state index in [4.69, 9.17) is 16.3 Å². The number of nitrogens with one attached hydrogen (secondary N) is 1. The van der Waals surface area contributed by atoms with Gasteiger partial charge in [-0.05, 0) is 23.8 Å². The van der Waals surface area contributed by atoms with Crippen LogP contribution in [0.3, 0.4) is 0 Å². The molecule has 1 amide bonds. The highest BCUT2D eigenvalue weighted by Gasteiger charge is 2.19. The molecule has 120 valence electrons. The fourth-order valence-electron chi connectivity index (χ4n) is 1.59. The van der Waals surface area contributed by atoms with Crippen molar-refractivity contribution < 1.29 is 23.7 Å². The van der Waals surface area contributed by atoms with Gasteiger partial charge in [0.25, 0.3) is 5.91 Å². The van der Waals surface area contributed by atoms with Crippen LogP contribution in [-0.2, 0) is 16.1 Å². The van der Waals surface area contributed by atoms with E-state index in [1.165, 1.54) is 0 Å². The van der Waals surface area contributed by atoms with Crippen LogP contribution in [0, 0.1) is 10.1 Å². The molecule has 1 aromatic heterocycles. The molecule has 1 aromatic carbocycles. The van der Waals surface area contributed by atoms with Gasteiger partial charge in [0.05, 0.1) is 6.07 Å². The highest BCUT2D eigenvalue weighted by molar-refractivity contribution is 6.30. The van der Waals surface area contributed by atoms with Crippen molar-refractivity contribution >= 4 is 29.4 Å². The summed E-state index contributed by atoms with van der Waals surface area (Å²) in [5.41, 5.74) is 0.829. The molecule has 0 bridgehead atoms. The highest BCUT2D eigenvalue weighted by Crippen LogP contribution is 2.16. The van der Waals surface area contributed by atoms with Crippen LogP contribution in [0.15, 0.2) is 40.8 Å². The van der Waals surface area contributed by atoms with Crippen LogP contribution in [0.5, 0.6) is 0 Å². The normalized spacial score (nSPS) is 10.1. The summed E-state index contributed by atoms with van der Waals surface area (Å²) in [5, 5.41) is 13.6. The van der Waals surface area contributed by atoms with Crippen molar-refractivity contribution in [1.82, 2.24) is 5.32 Å². The molecule has 9 heteroatoms. The van der Waals surface area contributed by atoms with E-state index in [1.807, 2.05) is 0 Å². The van der Waals surface area contributed by atoms with Gasteiger partial charge in [-0.2, -0.15) is 0 Å². The van der Waals surface area contributed by atoms with Crippen molar-refractivity contribution in [2.75, 3.05) is 6.61 Å². The number of nitro groups is 1. The minimum absolute atomic E-state index is 0.250. The molecule has 1 heterocycles. The number of nitrogens with zero attached hydrogens (tertiary/aromatic N) is 1. The Morgan fingerprint density at radius 2 is 1.91 bits per heavy atom. The Morgan fingerprint density at radius 3 is 2.52 bits per heavy atom. The van der Waals surface area contributed by atoms with Crippen LogP contribution in [0.25, 0.3) is 0 Å². The molecule has 0 spiro atoms. The molecular formula is C14H11ClN2O6. The summed E-state index contributed by atoms with van der Waals surface area (Å²) in [6.07, 6.45) is 0. The Hall–Kier alpha value is -2.87. The smallest absolute Gasteiger partial charge is 0.433 e. The van der Waals surface area contributed by atoms with Gasteiger partial charge in [0.2, 0.25) is 5.76 Å². The average Bonchev–Trinajstić information content (AvgIpc) is 3.02. The molecule has 1 N–H and O–H groups in total. The molecule has 0 saturated carbocycles. The molecule has 8 nitrogen and oxygen atoms in total.